The second-order valence-corrected chi connectivity index (χ2v) is 5.43. The Bertz CT molecular complexity index is 385. The number of hydrogen-bond donors (Lipinski definition) is 0. The number of fused-ring (bicyclic) bond motifs is 1. The van der Waals surface area contributed by atoms with E-state index >= 15 is 0 Å². The van der Waals surface area contributed by atoms with E-state index in [2.05, 4.69) is 50.8 Å². The highest BCUT2D eigenvalue weighted by molar-refractivity contribution is 5.39. The molecule has 0 bridgehead atoms. The lowest BCUT2D eigenvalue weighted by Gasteiger charge is -2.23. The average Bonchev–Trinajstić information content (AvgIpc) is 2.49. The number of ether oxygens (including phenoxy) is 1. The molecule has 0 saturated carbocycles. The van der Waals surface area contributed by atoms with E-state index in [9.17, 15) is 0 Å². The molecule has 94 valence electrons. The first-order chi connectivity index (χ1) is 8.08. The number of rotatable bonds is 2. The van der Waals surface area contributed by atoms with Crippen LogP contribution in [0.1, 0.15) is 44.7 Å². The Hall–Kier alpha value is -1.02. The van der Waals surface area contributed by atoms with Gasteiger partial charge in [-0.2, -0.15) is 0 Å². The predicted molar refractivity (Wildman–Crippen MR) is 71.6 cm³/mol. The normalized spacial score (nSPS) is 16.8. The molecule has 0 saturated heterocycles. The SMILES string of the molecule is CC(C)c1ccc2c(c1)OCCN(C(C)C)C2. The fraction of sp³-hybridized carbons (Fsp3) is 0.600. The maximum absolute atomic E-state index is 5.88. The van der Waals surface area contributed by atoms with E-state index in [1.165, 1.54) is 11.1 Å². The molecule has 0 N–H and O–H groups in total. The molecule has 1 heterocycles. The monoisotopic (exact) mass is 233 g/mol. The van der Waals surface area contributed by atoms with E-state index in [4.69, 9.17) is 4.74 Å². The number of benzene rings is 1. The molecule has 0 unspecified atom stereocenters. The van der Waals surface area contributed by atoms with Gasteiger partial charge in [0.25, 0.3) is 0 Å². The second kappa shape index (κ2) is 5.09. The van der Waals surface area contributed by atoms with Gasteiger partial charge >= 0.3 is 0 Å². The van der Waals surface area contributed by atoms with E-state index in [0.29, 0.717) is 12.0 Å². The van der Waals surface area contributed by atoms with Crippen molar-refractivity contribution in [2.24, 2.45) is 0 Å². The Morgan fingerprint density at radius 1 is 1.18 bits per heavy atom. The van der Waals surface area contributed by atoms with Gasteiger partial charge in [0.2, 0.25) is 0 Å². The van der Waals surface area contributed by atoms with Crippen LogP contribution in [0.5, 0.6) is 5.75 Å². The Balaban J connectivity index is 2.26. The maximum Gasteiger partial charge on any atom is 0.124 e. The predicted octanol–water partition coefficient (Wildman–Crippen LogP) is 3.41. The first kappa shape index (κ1) is 12.4. The molecule has 1 aromatic carbocycles. The van der Waals surface area contributed by atoms with Crippen molar-refractivity contribution in [1.82, 2.24) is 4.90 Å². The van der Waals surface area contributed by atoms with Gasteiger partial charge in [0.1, 0.15) is 12.4 Å². The summed E-state index contributed by atoms with van der Waals surface area (Å²) >= 11 is 0. The van der Waals surface area contributed by atoms with E-state index in [1.807, 2.05) is 0 Å². The van der Waals surface area contributed by atoms with Crippen LogP contribution in [0.2, 0.25) is 0 Å². The first-order valence-corrected chi connectivity index (χ1v) is 6.57. The van der Waals surface area contributed by atoms with Crippen LogP contribution in [0.4, 0.5) is 0 Å². The largest absolute Gasteiger partial charge is 0.492 e. The lowest BCUT2D eigenvalue weighted by atomic mass is 10.0. The molecule has 2 nitrogen and oxygen atoms in total. The van der Waals surface area contributed by atoms with Gasteiger partial charge in [0, 0.05) is 24.7 Å². The highest BCUT2D eigenvalue weighted by atomic mass is 16.5. The molecule has 0 fully saturated rings. The minimum atomic E-state index is 0.563. The third-order valence-corrected chi connectivity index (χ3v) is 3.50. The van der Waals surface area contributed by atoms with Crippen LogP contribution in [-0.4, -0.2) is 24.1 Å². The molecule has 0 aromatic heterocycles. The summed E-state index contributed by atoms with van der Waals surface area (Å²) in [5, 5.41) is 0. The fourth-order valence-electron chi connectivity index (χ4n) is 2.21. The Kier molecular flexibility index (Phi) is 3.72. The van der Waals surface area contributed by atoms with Crippen molar-refractivity contribution >= 4 is 0 Å². The van der Waals surface area contributed by atoms with Gasteiger partial charge in [0.15, 0.2) is 0 Å². The van der Waals surface area contributed by atoms with E-state index in [1.54, 1.807) is 0 Å². The van der Waals surface area contributed by atoms with E-state index in [-0.39, 0.29) is 0 Å². The van der Waals surface area contributed by atoms with Crippen molar-refractivity contribution in [3.63, 3.8) is 0 Å². The molecule has 0 aliphatic carbocycles. The summed E-state index contributed by atoms with van der Waals surface area (Å²) in [5.41, 5.74) is 2.68. The van der Waals surface area contributed by atoms with Gasteiger partial charge < -0.3 is 4.74 Å². The molecule has 1 aromatic rings. The average molecular weight is 233 g/mol. The second-order valence-electron chi connectivity index (χ2n) is 5.43. The molecule has 17 heavy (non-hydrogen) atoms. The van der Waals surface area contributed by atoms with Crippen molar-refractivity contribution < 1.29 is 4.74 Å². The molecule has 1 aliphatic heterocycles. The van der Waals surface area contributed by atoms with Crippen LogP contribution in [0, 0.1) is 0 Å². The molecule has 0 atom stereocenters. The van der Waals surface area contributed by atoms with E-state index in [0.717, 1.165) is 25.4 Å². The van der Waals surface area contributed by atoms with Gasteiger partial charge in [-0.25, -0.2) is 0 Å². The molecular formula is C15H23NO. The van der Waals surface area contributed by atoms with Crippen molar-refractivity contribution in [3.05, 3.63) is 29.3 Å². The third-order valence-electron chi connectivity index (χ3n) is 3.50. The molecule has 0 radical (unpaired) electrons. The summed E-state index contributed by atoms with van der Waals surface area (Å²) in [6.45, 7) is 11.8. The molecule has 2 heteroatoms. The summed E-state index contributed by atoms with van der Waals surface area (Å²) in [4.78, 5) is 2.46. The molecule has 2 rings (SSSR count). The zero-order chi connectivity index (χ0) is 12.4. The summed E-state index contributed by atoms with van der Waals surface area (Å²) < 4.78 is 5.88. The van der Waals surface area contributed by atoms with Crippen LogP contribution in [0.15, 0.2) is 18.2 Å². The van der Waals surface area contributed by atoms with Gasteiger partial charge in [-0.15, -0.1) is 0 Å². The summed E-state index contributed by atoms with van der Waals surface area (Å²) in [5.74, 6) is 1.65. The minimum Gasteiger partial charge on any atom is -0.492 e. The Labute approximate surface area is 105 Å². The smallest absolute Gasteiger partial charge is 0.124 e. The molecule has 1 aliphatic rings. The van der Waals surface area contributed by atoms with Crippen molar-refractivity contribution in [1.29, 1.82) is 0 Å². The summed E-state index contributed by atoms with van der Waals surface area (Å²) in [7, 11) is 0. The minimum absolute atomic E-state index is 0.563. The van der Waals surface area contributed by atoms with Crippen LogP contribution in [-0.2, 0) is 6.54 Å². The Morgan fingerprint density at radius 2 is 1.94 bits per heavy atom. The fourth-order valence-corrected chi connectivity index (χ4v) is 2.21. The molecular weight excluding hydrogens is 210 g/mol. The van der Waals surface area contributed by atoms with Gasteiger partial charge in [-0.05, 0) is 31.4 Å². The standard InChI is InChI=1S/C15H23NO/c1-11(2)13-5-6-14-10-16(12(3)4)7-8-17-15(14)9-13/h5-6,9,11-12H,7-8,10H2,1-4H3. The lowest BCUT2D eigenvalue weighted by molar-refractivity contribution is 0.189. The van der Waals surface area contributed by atoms with Crippen LogP contribution in [0.3, 0.4) is 0 Å². The maximum atomic E-state index is 5.88. The van der Waals surface area contributed by atoms with Crippen molar-refractivity contribution in [2.45, 2.75) is 46.2 Å². The van der Waals surface area contributed by atoms with Gasteiger partial charge in [-0.1, -0.05) is 26.0 Å². The quantitative estimate of drug-likeness (QED) is 0.776. The number of nitrogens with zero attached hydrogens (tertiary/aromatic N) is 1. The van der Waals surface area contributed by atoms with Crippen molar-refractivity contribution in [2.75, 3.05) is 13.2 Å². The van der Waals surface area contributed by atoms with Gasteiger partial charge in [0.05, 0.1) is 0 Å². The summed E-state index contributed by atoms with van der Waals surface area (Å²) in [6.07, 6.45) is 0. The zero-order valence-electron chi connectivity index (χ0n) is 11.4. The van der Waals surface area contributed by atoms with Gasteiger partial charge in [-0.3, -0.25) is 4.90 Å². The van der Waals surface area contributed by atoms with Crippen LogP contribution in [0.25, 0.3) is 0 Å². The summed E-state index contributed by atoms with van der Waals surface area (Å²) in [6, 6.07) is 7.25. The number of hydrogen-bond acceptors (Lipinski definition) is 2. The molecule has 0 amide bonds. The van der Waals surface area contributed by atoms with E-state index < -0.39 is 0 Å². The Morgan fingerprint density at radius 3 is 2.59 bits per heavy atom. The van der Waals surface area contributed by atoms with Crippen molar-refractivity contribution in [3.8, 4) is 5.75 Å². The molecule has 0 spiro atoms. The lowest BCUT2D eigenvalue weighted by Crippen LogP contribution is -2.32. The highest BCUT2D eigenvalue weighted by Crippen LogP contribution is 2.28. The highest BCUT2D eigenvalue weighted by Gasteiger charge is 2.17. The zero-order valence-corrected chi connectivity index (χ0v) is 11.4. The third kappa shape index (κ3) is 2.81. The first-order valence-electron chi connectivity index (χ1n) is 6.57. The van der Waals surface area contributed by atoms with Crippen LogP contribution < -0.4 is 4.74 Å². The van der Waals surface area contributed by atoms with Crippen LogP contribution >= 0.6 is 0 Å². The topological polar surface area (TPSA) is 12.5 Å².